The van der Waals surface area contributed by atoms with Crippen molar-refractivity contribution in [2.24, 2.45) is 0 Å². The van der Waals surface area contributed by atoms with Crippen molar-refractivity contribution in [1.82, 2.24) is 4.57 Å². The topological polar surface area (TPSA) is 8.17 Å². The molecule has 0 fully saturated rings. The van der Waals surface area contributed by atoms with Gasteiger partial charge >= 0.3 is 0 Å². The summed E-state index contributed by atoms with van der Waals surface area (Å²) in [6.07, 6.45) is 0. The maximum absolute atomic E-state index is 2.42. The van der Waals surface area contributed by atoms with Crippen LogP contribution in [0.4, 0.5) is 17.1 Å². The molecule has 2 nitrogen and oxygen atoms in total. The van der Waals surface area contributed by atoms with Crippen LogP contribution in [0.15, 0.2) is 218 Å². The summed E-state index contributed by atoms with van der Waals surface area (Å²) in [5.41, 5.74) is 14.0. The molecule has 0 amide bonds. The van der Waals surface area contributed by atoms with Gasteiger partial charge in [0.2, 0.25) is 0 Å². The number of hydrogen-bond acceptors (Lipinski definition) is 2. The lowest BCUT2D eigenvalue weighted by Gasteiger charge is -2.26. The molecule has 0 unspecified atom stereocenters. The second kappa shape index (κ2) is 13.8. The van der Waals surface area contributed by atoms with Crippen LogP contribution in [0.1, 0.15) is 0 Å². The molecule has 3 heteroatoms. The van der Waals surface area contributed by atoms with Crippen molar-refractivity contribution in [3.8, 4) is 39.1 Å². The van der Waals surface area contributed by atoms with Crippen LogP contribution in [-0.2, 0) is 0 Å². The minimum Gasteiger partial charge on any atom is -0.310 e. The van der Waals surface area contributed by atoms with Crippen molar-refractivity contribution in [2.45, 2.75) is 0 Å². The molecule has 0 bridgehead atoms. The second-order valence-corrected chi connectivity index (χ2v) is 15.6. The zero-order chi connectivity index (χ0) is 37.7. The quantitative estimate of drug-likeness (QED) is 0.158. The van der Waals surface area contributed by atoms with E-state index < -0.39 is 0 Å². The fraction of sp³-hybridized carbons (Fsp3) is 0. The fourth-order valence-electron chi connectivity index (χ4n) is 8.52. The number of aromatic nitrogens is 1. The minimum atomic E-state index is 1.09. The van der Waals surface area contributed by atoms with E-state index >= 15 is 0 Å². The van der Waals surface area contributed by atoms with Crippen molar-refractivity contribution >= 4 is 70.4 Å². The molecule has 0 aliphatic heterocycles. The highest BCUT2D eigenvalue weighted by Gasteiger charge is 2.20. The number of para-hydroxylation sites is 1. The van der Waals surface area contributed by atoms with Crippen molar-refractivity contribution in [3.63, 3.8) is 0 Å². The number of benzene rings is 9. The van der Waals surface area contributed by atoms with Crippen molar-refractivity contribution in [3.05, 3.63) is 218 Å². The predicted molar refractivity (Wildman–Crippen MR) is 245 cm³/mol. The van der Waals surface area contributed by atoms with Crippen LogP contribution in [0.25, 0.3) is 81.0 Å². The Morgan fingerprint density at radius 2 is 0.930 bits per heavy atom. The SMILES string of the molecule is c1ccc(-c2cccc(N(c3ccc(-c4ccc5sc6ccccc6c5c4)cc3)c3ccc4c5c(-c6ccccc6)cccc5n(-c5ccccc5)c4c3)c2)cc1. The van der Waals surface area contributed by atoms with Crippen molar-refractivity contribution in [2.75, 3.05) is 4.90 Å². The molecule has 0 aliphatic carbocycles. The molecule has 11 rings (SSSR count). The number of fused-ring (bicyclic) bond motifs is 6. The Kier molecular flexibility index (Phi) is 8.04. The molecule has 0 N–H and O–H groups in total. The second-order valence-electron chi connectivity index (χ2n) is 14.5. The molecule has 2 aromatic heterocycles. The van der Waals surface area contributed by atoms with Crippen LogP contribution in [0.5, 0.6) is 0 Å². The van der Waals surface area contributed by atoms with E-state index in [1.807, 2.05) is 11.3 Å². The molecule has 0 saturated carbocycles. The van der Waals surface area contributed by atoms with E-state index in [0.717, 1.165) is 28.3 Å². The third-order valence-corrected chi connectivity index (χ3v) is 12.3. The molecule has 268 valence electrons. The van der Waals surface area contributed by atoms with Gasteiger partial charge in [0, 0.05) is 53.7 Å². The molecule has 2 heterocycles. The first-order valence-corrected chi connectivity index (χ1v) is 20.2. The Morgan fingerprint density at radius 3 is 1.74 bits per heavy atom. The van der Waals surface area contributed by atoms with Crippen LogP contribution in [0.3, 0.4) is 0 Å². The van der Waals surface area contributed by atoms with Gasteiger partial charge in [0.25, 0.3) is 0 Å². The zero-order valence-electron chi connectivity index (χ0n) is 31.1. The summed E-state index contributed by atoms with van der Waals surface area (Å²) in [6.45, 7) is 0. The van der Waals surface area contributed by atoms with Gasteiger partial charge in [-0.1, -0.05) is 146 Å². The van der Waals surface area contributed by atoms with Crippen molar-refractivity contribution < 1.29 is 0 Å². The maximum atomic E-state index is 2.42. The summed E-state index contributed by atoms with van der Waals surface area (Å²) in [5.74, 6) is 0. The van der Waals surface area contributed by atoms with Crippen molar-refractivity contribution in [1.29, 1.82) is 0 Å². The average Bonchev–Trinajstić information content (AvgIpc) is 3.83. The molecule has 0 atom stereocenters. The van der Waals surface area contributed by atoms with Gasteiger partial charge in [-0.05, 0) is 106 Å². The highest BCUT2D eigenvalue weighted by molar-refractivity contribution is 7.25. The maximum Gasteiger partial charge on any atom is 0.0562 e. The Bertz CT molecular complexity index is 3220. The molecule has 9 aromatic carbocycles. The standard InChI is InChI=1S/C54H36N2S/c1-4-14-37(15-5-1)40-18-12-21-44(34-40)55(43-29-26-38(27-30-43)41-28-33-53-49(35-41)47-22-10-11-25-52(47)57-53)45-31-32-48-51(36-45)56(42-19-8-3-9-20-42)50-24-13-23-46(54(48)50)39-16-6-2-7-17-39/h1-36H. The first-order valence-electron chi connectivity index (χ1n) is 19.4. The van der Waals surface area contributed by atoms with Crippen LogP contribution < -0.4 is 4.90 Å². The first kappa shape index (κ1) is 33.2. The monoisotopic (exact) mass is 744 g/mol. The number of hydrogen-bond donors (Lipinski definition) is 0. The number of anilines is 3. The molecular formula is C54H36N2S. The molecule has 57 heavy (non-hydrogen) atoms. The van der Waals surface area contributed by atoms with Crippen LogP contribution in [0.2, 0.25) is 0 Å². The molecule has 0 spiro atoms. The Morgan fingerprint density at radius 1 is 0.333 bits per heavy atom. The number of rotatable bonds is 7. The minimum absolute atomic E-state index is 1.09. The van der Waals surface area contributed by atoms with Gasteiger partial charge in [-0.15, -0.1) is 11.3 Å². The summed E-state index contributed by atoms with van der Waals surface area (Å²) < 4.78 is 5.07. The Hall–Kier alpha value is -7.20. The average molecular weight is 745 g/mol. The summed E-state index contributed by atoms with van der Waals surface area (Å²) in [4.78, 5) is 2.40. The zero-order valence-corrected chi connectivity index (χ0v) is 31.9. The normalized spacial score (nSPS) is 11.5. The van der Waals surface area contributed by atoms with Gasteiger partial charge < -0.3 is 9.47 Å². The summed E-state index contributed by atoms with van der Waals surface area (Å²) in [6, 6.07) is 79.4. The third kappa shape index (κ3) is 5.80. The Balaban J connectivity index is 1.10. The summed E-state index contributed by atoms with van der Waals surface area (Å²) in [7, 11) is 0. The largest absolute Gasteiger partial charge is 0.310 e. The summed E-state index contributed by atoms with van der Waals surface area (Å²) >= 11 is 1.86. The van der Waals surface area contributed by atoms with E-state index in [-0.39, 0.29) is 0 Å². The van der Waals surface area contributed by atoms with Crippen LogP contribution in [-0.4, -0.2) is 4.57 Å². The van der Waals surface area contributed by atoms with Crippen LogP contribution in [0, 0.1) is 0 Å². The van der Waals surface area contributed by atoms with E-state index in [9.17, 15) is 0 Å². The molecule has 0 radical (unpaired) electrons. The van der Waals surface area contributed by atoms with E-state index in [4.69, 9.17) is 0 Å². The van der Waals surface area contributed by atoms with Gasteiger partial charge in [-0.3, -0.25) is 0 Å². The number of nitrogens with zero attached hydrogens (tertiary/aromatic N) is 2. The number of thiophene rings is 1. The van der Waals surface area contributed by atoms with E-state index in [1.165, 1.54) is 69.8 Å². The molecular weight excluding hydrogens is 709 g/mol. The lowest BCUT2D eigenvalue weighted by molar-refractivity contribution is 1.18. The molecule has 0 saturated heterocycles. The molecule has 0 aliphatic rings. The lowest BCUT2D eigenvalue weighted by atomic mass is 9.99. The third-order valence-electron chi connectivity index (χ3n) is 11.2. The van der Waals surface area contributed by atoms with Gasteiger partial charge in [0.1, 0.15) is 0 Å². The van der Waals surface area contributed by atoms with Gasteiger partial charge in [0.15, 0.2) is 0 Å². The highest BCUT2D eigenvalue weighted by atomic mass is 32.1. The van der Waals surface area contributed by atoms with E-state index in [2.05, 4.69) is 228 Å². The van der Waals surface area contributed by atoms with Crippen LogP contribution >= 0.6 is 11.3 Å². The van der Waals surface area contributed by atoms with E-state index in [0.29, 0.717) is 0 Å². The lowest BCUT2D eigenvalue weighted by Crippen LogP contribution is -2.10. The molecule has 11 aromatic rings. The summed E-state index contributed by atoms with van der Waals surface area (Å²) in [5, 5.41) is 5.11. The fourth-order valence-corrected chi connectivity index (χ4v) is 9.61. The van der Waals surface area contributed by atoms with Gasteiger partial charge in [0.05, 0.1) is 11.0 Å². The smallest absolute Gasteiger partial charge is 0.0562 e. The Labute approximate surface area is 335 Å². The van der Waals surface area contributed by atoms with E-state index in [1.54, 1.807) is 0 Å². The predicted octanol–water partition coefficient (Wildman–Crippen LogP) is 15.6. The first-order chi connectivity index (χ1) is 28.3. The van der Waals surface area contributed by atoms with Gasteiger partial charge in [-0.2, -0.15) is 0 Å². The highest BCUT2D eigenvalue weighted by Crippen LogP contribution is 2.44. The van der Waals surface area contributed by atoms with Gasteiger partial charge in [-0.25, -0.2) is 0 Å².